The predicted octanol–water partition coefficient (Wildman–Crippen LogP) is 16.2. The van der Waals surface area contributed by atoms with Crippen molar-refractivity contribution in [1.29, 1.82) is 0 Å². The van der Waals surface area contributed by atoms with E-state index < -0.39 is 95.9 Å². The molecule has 0 bridgehead atoms. The van der Waals surface area contributed by atoms with Gasteiger partial charge in [0.2, 0.25) is 11.8 Å². The number of Topliss-reactive ketones (excluding diaryl/α,β-unsaturated/α-hetero) is 1. The Morgan fingerprint density at radius 1 is 0.452 bits per heavy atom. The van der Waals surface area contributed by atoms with Crippen molar-refractivity contribution in [1.82, 2.24) is 10.6 Å². The number of aliphatic hydroxyl groups is 1. The van der Waals surface area contributed by atoms with Crippen molar-refractivity contribution in [3.63, 3.8) is 0 Å². The van der Waals surface area contributed by atoms with Gasteiger partial charge in [-0.1, -0.05) is 220 Å². The molecule has 3 N–H and O–H groups in total. The zero-order chi connectivity index (χ0) is 68.2. The van der Waals surface area contributed by atoms with E-state index in [-0.39, 0.29) is 50.5 Å². The number of hydrogen-bond acceptors (Lipinski definition) is 19. The van der Waals surface area contributed by atoms with Gasteiger partial charge in [0.25, 0.3) is 0 Å². The molecule has 2 fully saturated rings. The van der Waals surface area contributed by atoms with E-state index in [1.807, 2.05) is 0 Å². The third-order valence-corrected chi connectivity index (χ3v) is 20.5. The minimum atomic E-state index is -4.39. The van der Waals surface area contributed by atoms with E-state index in [1.54, 1.807) is 7.11 Å². The Morgan fingerprint density at radius 3 is 1.42 bits per heavy atom. The zero-order valence-electron chi connectivity index (χ0n) is 59.8. The minimum Gasteiger partial charge on any atom is -0.388 e. The monoisotopic (exact) mass is 1370 g/mol. The first-order valence-corrected chi connectivity index (χ1v) is 39.5. The van der Waals surface area contributed by atoms with Crippen molar-refractivity contribution in [3.8, 4) is 0 Å². The zero-order valence-corrected chi connectivity index (χ0v) is 61.6. The second-order valence-corrected chi connectivity index (χ2v) is 29.1. The van der Waals surface area contributed by atoms with Crippen molar-refractivity contribution in [2.75, 3.05) is 69.1 Å². The van der Waals surface area contributed by atoms with Gasteiger partial charge in [-0.05, 0) is 57.8 Å². The molecule has 21 nitrogen and oxygen atoms in total. The van der Waals surface area contributed by atoms with E-state index in [0.29, 0.717) is 25.7 Å². The van der Waals surface area contributed by atoms with Crippen molar-refractivity contribution >= 4 is 33.2 Å². The molecule has 0 aromatic carbocycles. The van der Waals surface area contributed by atoms with Crippen LogP contribution in [0.1, 0.15) is 285 Å². The Balaban J connectivity index is 2.56. The highest BCUT2D eigenvalue weighted by Crippen LogP contribution is 2.52. The number of unbranched alkanes of at least 4 members (excludes halogenated alkanes) is 30. The van der Waals surface area contributed by atoms with Crippen LogP contribution in [0.2, 0.25) is 0 Å². The molecule has 0 spiro atoms. The van der Waals surface area contributed by atoms with Crippen LogP contribution < -0.4 is 10.6 Å². The number of methoxy groups -OCH3 is 2. The molecule has 2 rings (SSSR count). The lowest BCUT2D eigenvalue weighted by Gasteiger charge is -2.47. The molecule has 2 amide bonds. The number of rotatable bonds is 63. The number of phosphoric ester groups is 2. The number of nitrogens with one attached hydrogen (secondary N) is 2. The number of phosphoric acid groups is 2. The fourth-order valence-corrected chi connectivity index (χ4v) is 13.6. The molecule has 548 valence electrons. The number of allylic oxidation sites excluding steroid dienone is 2. The molecule has 1 unspecified atom stereocenters. The first kappa shape index (κ1) is 87.3. The maximum Gasteiger partial charge on any atom is 0.476 e. The standard InChI is InChI=1S/C70H134N2O19P2/c1-11-15-19-23-26-29-30-31-32-33-34-36-38-42-46-50-61(74)71-64-68(86-53-51-58(80-6)49-45-40-22-18-14-4)66(90-92(77,81-7)82-8)60(55-79-5)89-69(64)87-56-59-65(76)67(85-52-47-43-39-28-25-21-17-13-3)63(70(88-59)91-93(78,83-9)84-10)72-62(75)54-57(73)48-44-41-37-35-27-24-20-16-12-2/h29-30,58-60,63-70,76H,11-28,31-56H2,1-10H3,(H,71,74)(H,72,75)/b30-29-/t58-,59-,60-,63-,64-,65-,66-,67-,68-,69-,70?/m1/s1. The topological polar surface area (TPSA) is 250 Å². The van der Waals surface area contributed by atoms with E-state index in [2.05, 4.69) is 50.5 Å². The maximum absolute atomic E-state index is 14.4. The summed E-state index contributed by atoms with van der Waals surface area (Å²) in [5.74, 6) is -1.24. The van der Waals surface area contributed by atoms with Crippen LogP contribution in [-0.4, -0.2) is 159 Å². The number of amides is 2. The summed E-state index contributed by atoms with van der Waals surface area (Å²) in [7, 11) is -0.851. The molecule has 2 saturated heterocycles. The fourth-order valence-electron chi connectivity index (χ4n) is 12.0. The van der Waals surface area contributed by atoms with Crippen molar-refractivity contribution < 1.29 is 88.9 Å². The summed E-state index contributed by atoms with van der Waals surface area (Å²) < 4.78 is 106. The van der Waals surface area contributed by atoms with Crippen LogP contribution in [0.15, 0.2) is 12.2 Å². The number of carbonyl (C=O) groups excluding carboxylic acids is 3. The summed E-state index contributed by atoms with van der Waals surface area (Å²) in [4.78, 5) is 41.7. The lowest BCUT2D eigenvalue weighted by molar-refractivity contribution is -0.301. The van der Waals surface area contributed by atoms with E-state index in [1.165, 1.54) is 92.0 Å². The molecule has 0 radical (unpaired) electrons. The Hall–Kier alpha value is -1.75. The van der Waals surface area contributed by atoms with Crippen LogP contribution in [0.5, 0.6) is 0 Å². The molecule has 23 heteroatoms. The largest absolute Gasteiger partial charge is 0.476 e. The summed E-state index contributed by atoms with van der Waals surface area (Å²) in [5, 5.41) is 18.5. The molecular weight excluding hydrogens is 1230 g/mol. The van der Waals surface area contributed by atoms with Gasteiger partial charge in [0, 0.05) is 68.7 Å². The Morgan fingerprint density at radius 2 is 0.892 bits per heavy atom. The molecule has 0 saturated carbocycles. The average molecular weight is 1370 g/mol. The van der Waals surface area contributed by atoms with Crippen LogP contribution in [0.4, 0.5) is 0 Å². The predicted molar refractivity (Wildman–Crippen MR) is 366 cm³/mol. The van der Waals surface area contributed by atoms with Gasteiger partial charge in [-0.15, -0.1) is 0 Å². The molecule has 2 aliphatic rings. The number of ketones is 1. The third-order valence-electron chi connectivity index (χ3n) is 17.7. The minimum absolute atomic E-state index is 0.120. The van der Waals surface area contributed by atoms with Crippen molar-refractivity contribution in [2.45, 2.75) is 352 Å². The summed E-state index contributed by atoms with van der Waals surface area (Å²) in [5.41, 5.74) is 0. The van der Waals surface area contributed by atoms with Gasteiger partial charge in [-0.2, -0.15) is 0 Å². The highest BCUT2D eigenvalue weighted by molar-refractivity contribution is 7.48. The maximum atomic E-state index is 14.4. The molecule has 2 aliphatic heterocycles. The second kappa shape index (κ2) is 56.1. The molecule has 2 heterocycles. The van der Waals surface area contributed by atoms with Crippen LogP contribution >= 0.6 is 15.6 Å². The van der Waals surface area contributed by atoms with E-state index >= 15 is 0 Å². The fraction of sp³-hybridized carbons (Fsp3) is 0.929. The average Bonchev–Trinajstić information content (AvgIpc) is 0.800. The highest BCUT2D eigenvalue weighted by atomic mass is 31.2. The Labute approximate surface area is 563 Å². The molecule has 93 heavy (non-hydrogen) atoms. The number of hydrogen-bond donors (Lipinski definition) is 3. The summed E-state index contributed by atoms with van der Waals surface area (Å²) in [6.45, 7) is 8.48. The Kier molecular flexibility index (Phi) is 52.6. The first-order valence-electron chi connectivity index (χ1n) is 36.6. The van der Waals surface area contributed by atoms with Crippen LogP contribution in [-0.2, 0) is 83.8 Å². The van der Waals surface area contributed by atoms with Crippen LogP contribution in [0.3, 0.4) is 0 Å². The smallest absolute Gasteiger partial charge is 0.388 e. The molecule has 11 atom stereocenters. The van der Waals surface area contributed by atoms with Crippen molar-refractivity contribution in [2.24, 2.45) is 0 Å². The van der Waals surface area contributed by atoms with Crippen LogP contribution in [0.25, 0.3) is 0 Å². The normalized spacial score (nSPS) is 22.4. The van der Waals surface area contributed by atoms with Gasteiger partial charge in [-0.25, -0.2) is 9.13 Å². The van der Waals surface area contributed by atoms with E-state index in [0.717, 1.165) is 155 Å². The van der Waals surface area contributed by atoms with E-state index in [4.69, 9.17) is 60.3 Å². The van der Waals surface area contributed by atoms with Gasteiger partial charge in [0.05, 0.1) is 25.7 Å². The van der Waals surface area contributed by atoms with Gasteiger partial charge in [0.1, 0.15) is 54.5 Å². The van der Waals surface area contributed by atoms with Gasteiger partial charge >= 0.3 is 15.6 Å². The summed E-state index contributed by atoms with van der Waals surface area (Å²) in [6.07, 6.45) is 32.7. The molecule has 0 aromatic heterocycles. The lowest BCUT2D eigenvalue weighted by atomic mass is 9.95. The quantitative estimate of drug-likeness (QED) is 0.0221. The Bertz CT molecular complexity index is 1960. The van der Waals surface area contributed by atoms with E-state index in [9.17, 15) is 28.6 Å². The van der Waals surface area contributed by atoms with Crippen LogP contribution in [0, 0.1) is 0 Å². The first-order chi connectivity index (χ1) is 45.1. The number of carbonyl (C=O) groups is 3. The van der Waals surface area contributed by atoms with Gasteiger partial charge < -0.3 is 48.9 Å². The molecule has 0 aromatic rings. The second-order valence-electron chi connectivity index (χ2n) is 25.5. The molecular formula is C70H134N2O19P2. The van der Waals surface area contributed by atoms with Gasteiger partial charge in [-0.3, -0.25) is 41.5 Å². The molecule has 0 aliphatic carbocycles. The third kappa shape index (κ3) is 39.0. The highest BCUT2D eigenvalue weighted by Gasteiger charge is 2.54. The number of aliphatic hydroxyl groups excluding tert-OH is 1. The summed E-state index contributed by atoms with van der Waals surface area (Å²) >= 11 is 0. The SMILES string of the molecule is CCCCCC/C=C\CCCCCCCCCC(=O)N[C@H]1[C@H](OC[C@H]2OC(OP(=O)(OC)OC)[C@H](NC(=O)CC(=O)CCCCCCCCCCC)[C@@H](OCCCCCCCCCC)[C@@H]2O)O[C@H](COC)[C@@H](OP(=O)(OC)OC)[C@@H]1OCC[C@@H](CCCCCCC)OC. The van der Waals surface area contributed by atoms with Crippen molar-refractivity contribution in [3.05, 3.63) is 12.2 Å². The number of ether oxygens (including phenoxy) is 7. The van der Waals surface area contributed by atoms with Gasteiger partial charge in [0.15, 0.2) is 12.6 Å². The summed E-state index contributed by atoms with van der Waals surface area (Å²) in [6, 6.07) is -2.50. The lowest BCUT2D eigenvalue weighted by Crippen LogP contribution is -2.67.